The highest BCUT2D eigenvalue weighted by Gasteiger charge is 2.29. The molecule has 21 heavy (non-hydrogen) atoms. The number of hydrogen-bond acceptors (Lipinski definition) is 3. The summed E-state index contributed by atoms with van der Waals surface area (Å²) < 4.78 is 5.39. The van der Waals surface area contributed by atoms with Gasteiger partial charge >= 0.3 is 6.03 Å². The number of ether oxygens (including phenoxy) is 1. The van der Waals surface area contributed by atoms with Crippen LogP contribution in [0, 0.1) is 5.92 Å². The van der Waals surface area contributed by atoms with Crippen molar-refractivity contribution < 1.29 is 9.53 Å². The van der Waals surface area contributed by atoms with Gasteiger partial charge in [0.1, 0.15) is 0 Å². The monoisotopic (exact) mass is 297 g/mol. The lowest BCUT2D eigenvalue weighted by molar-refractivity contribution is -0.00877. The Kier molecular flexibility index (Phi) is 5.88. The largest absolute Gasteiger partial charge is 0.379 e. The third-order valence-electron chi connectivity index (χ3n) is 4.90. The normalized spacial score (nSPS) is 28.1. The summed E-state index contributed by atoms with van der Waals surface area (Å²) >= 11 is 0. The van der Waals surface area contributed by atoms with Crippen LogP contribution in [0.2, 0.25) is 0 Å². The Bertz CT molecular complexity index is 332. The molecule has 0 spiro atoms. The minimum Gasteiger partial charge on any atom is -0.379 e. The number of amides is 2. The van der Waals surface area contributed by atoms with Gasteiger partial charge in [0.2, 0.25) is 0 Å². The van der Waals surface area contributed by atoms with Crippen molar-refractivity contribution in [3.63, 3.8) is 0 Å². The predicted molar refractivity (Wildman–Crippen MR) is 84.4 cm³/mol. The fraction of sp³-hybridized carbons (Fsp3) is 0.938. The van der Waals surface area contributed by atoms with Gasteiger partial charge in [-0.1, -0.05) is 6.92 Å². The molecule has 0 aromatic heterocycles. The van der Waals surface area contributed by atoms with E-state index in [0.29, 0.717) is 12.6 Å². The summed E-state index contributed by atoms with van der Waals surface area (Å²) in [6.07, 6.45) is 4.68. The Hall–Kier alpha value is -0.810. The number of hydrogen-bond donors (Lipinski definition) is 2. The maximum atomic E-state index is 12.1. The van der Waals surface area contributed by atoms with Crippen molar-refractivity contribution in [3.8, 4) is 0 Å². The Labute approximate surface area is 128 Å². The van der Waals surface area contributed by atoms with Gasteiger partial charge in [-0.05, 0) is 45.4 Å². The number of carbonyl (C=O) groups excluding carboxylic acids is 1. The third kappa shape index (κ3) is 5.15. The second-order valence-corrected chi connectivity index (χ2v) is 7.20. The van der Waals surface area contributed by atoms with Crippen LogP contribution < -0.4 is 10.6 Å². The van der Waals surface area contributed by atoms with Crippen LogP contribution in [0.15, 0.2) is 0 Å². The summed E-state index contributed by atoms with van der Waals surface area (Å²) in [7, 11) is 0. The Morgan fingerprint density at radius 3 is 2.43 bits per heavy atom. The molecule has 1 aliphatic heterocycles. The topological polar surface area (TPSA) is 53.6 Å². The molecule has 122 valence electrons. The fourth-order valence-electron chi connectivity index (χ4n) is 3.22. The maximum absolute atomic E-state index is 12.1. The van der Waals surface area contributed by atoms with Crippen molar-refractivity contribution >= 4 is 6.03 Å². The van der Waals surface area contributed by atoms with E-state index in [0.717, 1.165) is 45.1 Å². The van der Waals surface area contributed by atoms with Gasteiger partial charge < -0.3 is 15.4 Å². The Balaban J connectivity index is 1.70. The average Bonchev–Trinajstić information content (AvgIpc) is 2.49. The van der Waals surface area contributed by atoms with Crippen LogP contribution in [-0.2, 0) is 4.74 Å². The van der Waals surface area contributed by atoms with E-state index < -0.39 is 0 Å². The summed E-state index contributed by atoms with van der Waals surface area (Å²) in [5.41, 5.74) is -0.0256. The number of nitrogens with zero attached hydrogens (tertiary/aromatic N) is 1. The molecule has 0 bridgehead atoms. The minimum absolute atomic E-state index is 0.0177. The Morgan fingerprint density at radius 1 is 1.19 bits per heavy atom. The summed E-state index contributed by atoms with van der Waals surface area (Å²) in [5, 5.41) is 6.17. The lowest BCUT2D eigenvalue weighted by atomic mass is 9.87. The molecule has 1 saturated heterocycles. The number of carbonyl (C=O) groups is 1. The molecule has 5 heteroatoms. The molecular formula is C16H31N3O2. The number of rotatable bonds is 4. The third-order valence-corrected chi connectivity index (χ3v) is 4.90. The molecule has 2 rings (SSSR count). The van der Waals surface area contributed by atoms with Crippen molar-refractivity contribution in [2.45, 2.75) is 58.0 Å². The van der Waals surface area contributed by atoms with Gasteiger partial charge in [-0.3, -0.25) is 4.90 Å². The van der Waals surface area contributed by atoms with Crippen LogP contribution in [0.4, 0.5) is 4.79 Å². The van der Waals surface area contributed by atoms with E-state index in [4.69, 9.17) is 4.74 Å². The first kappa shape index (κ1) is 16.6. The standard InChI is InChI=1S/C16H31N3O2/c1-13-4-6-14(7-5-13)18-15(20)17-12-16(2,3)19-8-10-21-11-9-19/h13-14H,4-12H2,1-3H3,(H2,17,18,20). The van der Waals surface area contributed by atoms with Gasteiger partial charge in [0.05, 0.1) is 13.2 Å². The molecule has 1 saturated carbocycles. The first-order valence-corrected chi connectivity index (χ1v) is 8.34. The molecule has 5 nitrogen and oxygen atoms in total. The molecule has 0 radical (unpaired) electrons. The summed E-state index contributed by atoms with van der Waals surface area (Å²) in [6, 6.07) is 0.337. The molecule has 2 fully saturated rings. The van der Waals surface area contributed by atoms with Crippen LogP contribution >= 0.6 is 0 Å². The average molecular weight is 297 g/mol. The first-order chi connectivity index (χ1) is 9.97. The molecule has 2 N–H and O–H groups in total. The summed E-state index contributed by atoms with van der Waals surface area (Å²) in [6.45, 7) is 10.8. The highest BCUT2D eigenvalue weighted by atomic mass is 16.5. The first-order valence-electron chi connectivity index (χ1n) is 8.34. The van der Waals surface area contributed by atoms with Gasteiger partial charge in [-0.25, -0.2) is 4.79 Å². The van der Waals surface area contributed by atoms with Crippen LogP contribution in [0.1, 0.15) is 46.5 Å². The molecule has 1 aliphatic carbocycles. The zero-order valence-electron chi connectivity index (χ0n) is 13.8. The number of urea groups is 1. The molecule has 0 unspecified atom stereocenters. The highest BCUT2D eigenvalue weighted by Crippen LogP contribution is 2.23. The van der Waals surface area contributed by atoms with Crippen LogP contribution in [0.25, 0.3) is 0 Å². The maximum Gasteiger partial charge on any atom is 0.315 e. The number of morpholine rings is 1. The van der Waals surface area contributed by atoms with Crippen LogP contribution in [0.5, 0.6) is 0 Å². The van der Waals surface area contributed by atoms with Gasteiger partial charge in [-0.2, -0.15) is 0 Å². The van der Waals surface area contributed by atoms with Crippen molar-refractivity contribution in [1.29, 1.82) is 0 Å². The van der Waals surface area contributed by atoms with E-state index in [1.807, 2.05) is 0 Å². The second-order valence-electron chi connectivity index (χ2n) is 7.20. The van der Waals surface area contributed by atoms with Crippen molar-refractivity contribution in [2.75, 3.05) is 32.8 Å². The quantitative estimate of drug-likeness (QED) is 0.834. The van der Waals surface area contributed by atoms with Crippen molar-refractivity contribution in [2.24, 2.45) is 5.92 Å². The van der Waals surface area contributed by atoms with Crippen molar-refractivity contribution in [3.05, 3.63) is 0 Å². The van der Waals surface area contributed by atoms with E-state index in [2.05, 4.69) is 36.3 Å². The van der Waals surface area contributed by atoms with Gasteiger partial charge in [0.25, 0.3) is 0 Å². The van der Waals surface area contributed by atoms with Crippen LogP contribution in [0.3, 0.4) is 0 Å². The van der Waals surface area contributed by atoms with Gasteiger partial charge in [-0.15, -0.1) is 0 Å². The van der Waals surface area contributed by atoms with E-state index in [9.17, 15) is 4.79 Å². The number of nitrogens with one attached hydrogen (secondary N) is 2. The molecule has 2 aliphatic rings. The lowest BCUT2D eigenvalue weighted by Crippen LogP contribution is -2.56. The SMILES string of the molecule is CC1CCC(NC(=O)NCC(C)(C)N2CCOCC2)CC1. The zero-order chi connectivity index (χ0) is 15.3. The minimum atomic E-state index is -0.0256. The molecule has 2 amide bonds. The molecule has 0 atom stereocenters. The lowest BCUT2D eigenvalue weighted by Gasteiger charge is -2.41. The van der Waals surface area contributed by atoms with E-state index in [1.54, 1.807) is 0 Å². The molecular weight excluding hydrogens is 266 g/mol. The Morgan fingerprint density at radius 2 is 1.81 bits per heavy atom. The summed E-state index contributed by atoms with van der Waals surface area (Å²) in [5.74, 6) is 0.811. The molecule has 1 heterocycles. The fourth-order valence-corrected chi connectivity index (χ4v) is 3.22. The highest BCUT2D eigenvalue weighted by molar-refractivity contribution is 5.74. The zero-order valence-corrected chi connectivity index (χ0v) is 13.8. The second kappa shape index (κ2) is 7.45. The van der Waals surface area contributed by atoms with E-state index in [-0.39, 0.29) is 11.6 Å². The van der Waals surface area contributed by atoms with Crippen molar-refractivity contribution in [1.82, 2.24) is 15.5 Å². The van der Waals surface area contributed by atoms with E-state index in [1.165, 1.54) is 12.8 Å². The smallest absolute Gasteiger partial charge is 0.315 e. The molecule has 0 aromatic rings. The predicted octanol–water partition coefficient (Wildman–Crippen LogP) is 1.98. The van der Waals surface area contributed by atoms with Crippen LogP contribution in [-0.4, -0.2) is 55.4 Å². The van der Waals surface area contributed by atoms with E-state index >= 15 is 0 Å². The molecule has 0 aromatic carbocycles. The summed E-state index contributed by atoms with van der Waals surface area (Å²) in [4.78, 5) is 14.4. The van der Waals surface area contributed by atoms with Gasteiger partial charge in [0, 0.05) is 31.2 Å². The van der Waals surface area contributed by atoms with Gasteiger partial charge in [0.15, 0.2) is 0 Å².